The summed E-state index contributed by atoms with van der Waals surface area (Å²) in [5.74, 6) is 0.727. The molecule has 7 heteroatoms. The normalized spacial score (nSPS) is 16.2. The van der Waals surface area contributed by atoms with Crippen LogP contribution in [-0.4, -0.2) is 60.9 Å². The molecular formula is C23H31N3O3S. The van der Waals surface area contributed by atoms with E-state index >= 15 is 0 Å². The van der Waals surface area contributed by atoms with Crippen LogP contribution in [0.5, 0.6) is 5.75 Å². The molecule has 0 spiro atoms. The van der Waals surface area contributed by atoms with Gasteiger partial charge in [0.05, 0.1) is 12.0 Å². The second-order valence-electron chi connectivity index (χ2n) is 7.98. The van der Waals surface area contributed by atoms with Gasteiger partial charge in [0.15, 0.2) is 0 Å². The zero-order chi connectivity index (χ0) is 21.5. The number of carbonyl (C=O) groups excluding carboxylic acids is 2. The van der Waals surface area contributed by atoms with Gasteiger partial charge in [-0.3, -0.25) is 14.5 Å². The molecule has 2 aromatic rings. The third-order valence-electron chi connectivity index (χ3n) is 5.43. The Morgan fingerprint density at radius 1 is 1.10 bits per heavy atom. The summed E-state index contributed by atoms with van der Waals surface area (Å²) >= 11 is 1.39. The molecule has 0 radical (unpaired) electrons. The van der Waals surface area contributed by atoms with Crippen molar-refractivity contribution in [3.8, 4) is 5.75 Å². The number of ether oxygens (including phenoxy) is 1. The van der Waals surface area contributed by atoms with Crippen molar-refractivity contribution in [2.45, 2.75) is 32.9 Å². The predicted molar refractivity (Wildman–Crippen MR) is 120 cm³/mol. The highest BCUT2D eigenvalue weighted by molar-refractivity contribution is 7.12. The van der Waals surface area contributed by atoms with E-state index in [2.05, 4.69) is 22.3 Å². The lowest BCUT2D eigenvalue weighted by molar-refractivity contribution is -0.134. The predicted octanol–water partition coefficient (Wildman–Crippen LogP) is 3.25. The fraction of sp³-hybridized carbons (Fsp3) is 0.478. The molecule has 1 fully saturated rings. The minimum Gasteiger partial charge on any atom is -0.497 e. The highest BCUT2D eigenvalue weighted by Gasteiger charge is 2.30. The Labute approximate surface area is 182 Å². The number of methoxy groups -OCH3 is 1. The molecule has 1 atom stereocenters. The molecule has 162 valence electrons. The standard InChI is InChI=1S/C23H31N3O3S/c1-17(2)21(24-22(27)20-6-4-15-30-20)23(28)26-12-5-11-25(13-14-26)16-18-7-9-19(29-3)10-8-18/h4,6-10,15,17,21H,5,11-14,16H2,1-3H3,(H,24,27). The number of benzene rings is 1. The third-order valence-corrected chi connectivity index (χ3v) is 6.30. The number of rotatable bonds is 7. The van der Waals surface area contributed by atoms with Gasteiger partial charge in [-0.05, 0) is 41.5 Å². The maximum absolute atomic E-state index is 13.2. The van der Waals surface area contributed by atoms with E-state index in [1.807, 2.05) is 42.3 Å². The molecule has 1 saturated heterocycles. The van der Waals surface area contributed by atoms with Gasteiger partial charge in [0.25, 0.3) is 5.91 Å². The number of hydrogen-bond donors (Lipinski definition) is 1. The summed E-state index contributed by atoms with van der Waals surface area (Å²) in [6.07, 6.45) is 0.922. The molecule has 2 amide bonds. The van der Waals surface area contributed by atoms with Crippen molar-refractivity contribution in [2.24, 2.45) is 5.92 Å². The van der Waals surface area contributed by atoms with Crippen LogP contribution in [0.25, 0.3) is 0 Å². The Balaban J connectivity index is 1.58. The van der Waals surface area contributed by atoms with E-state index in [9.17, 15) is 9.59 Å². The molecule has 0 bridgehead atoms. The summed E-state index contributed by atoms with van der Waals surface area (Å²) in [4.78, 5) is 30.6. The van der Waals surface area contributed by atoms with Crippen molar-refractivity contribution in [3.05, 3.63) is 52.2 Å². The van der Waals surface area contributed by atoms with Crippen molar-refractivity contribution < 1.29 is 14.3 Å². The molecule has 1 aliphatic rings. The van der Waals surface area contributed by atoms with Crippen LogP contribution in [0.4, 0.5) is 0 Å². The average Bonchev–Trinajstić information content (AvgIpc) is 3.19. The molecule has 0 saturated carbocycles. The van der Waals surface area contributed by atoms with Gasteiger partial charge in [0.1, 0.15) is 11.8 Å². The lowest BCUT2D eigenvalue weighted by atomic mass is 10.0. The zero-order valence-corrected chi connectivity index (χ0v) is 18.8. The first-order chi connectivity index (χ1) is 14.5. The summed E-state index contributed by atoms with van der Waals surface area (Å²) in [6.45, 7) is 7.97. The van der Waals surface area contributed by atoms with Crippen LogP contribution in [0.15, 0.2) is 41.8 Å². The largest absolute Gasteiger partial charge is 0.497 e. The molecule has 6 nitrogen and oxygen atoms in total. The Morgan fingerprint density at radius 3 is 2.50 bits per heavy atom. The molecule has 0 aliphatic carbocycles. The van der Waals surface area contributed by atoms with Gasteiger partial charge < -0.3 is 15.0 Å². The molecule has 3 rings (SSSR count). The number of nitrogens with one attached hydrogen (secondary N) is 1. The number of amides is 2. The highest BCUT2D eigenvalue weighted by Crippen LogP contribution is 2.16. The number of hydrogen-bond acceptors (Lipinski definition) is 5. The average molecular weight is 430 g/mol. The maximum atomic E-state index is 13.2. The highest BCUT2D eigenvalue weighted by atomic mass is 32.1. The second-order valence-corrected chi connectivity index (χ2v) is 8.92. The minimum absolute atomic E-state index is 0.0150. The number of thiophene rings is 1. The summed E-state index contributed by atoms with van der Waals surface area (Å²) in [5, 5.41) is 4.82. The van der Waals surface area contributed by atoms with Crippen LogP contribution in [0.2, 0.25) is 0 Å². The van der Waals surface area contributed by atoms with Crippen molar-refractivity contribution in [1.29, 1.82) is 0 Å². The van der Waals surface area contributed by atoms with E-state index in [1.54, 1.807) is 13.2 Å². The van der Waals surface area contributed by atoms with Crippen LogP contribution in [0.1, 0.15) is 35.5 Å². The fourth-order valence-corrected chi connectivity index (χ4v) is 4.30. The quantitative estimate of drug-likeness (QED) is 0.734. The van der Waals surface area contributed by atoms with E-state index in [-0.39, 0.29) is 17.7 Å². The molecule has 1 aromatic carbocycles. The minimum atomic E-state index is -0.507. The first kappa shape index (κ1) is 22.3. The molecule has 1 N–H and O–H groups in total. The van der Waals surface area contributed by atoms with Gasteiger partial charge >= 0.3 is 0 Å². The van der Waals surface area contributed by atoms with Gasteiger partial charge in [0, 0.05) is 32.7 Å². The third kappa shape index (κ3) is 5.83. The Bertz CT molecular complexity index is 821. The summed E-state index contributed by atoms with van der Waals surface area (Å²) in [6, 6.07) is 11.2. The zero-order valence-electron chi connectivity index (χ0n) is 18.0. The Kier molecular flexibility index (Phi) is 7.87. The van der Waals surface area contributed by atoms with Crippen LogP contribution >= 0.6 is 11.3 Å². The van der Waals surface area contributed by atoms with Gasteiger partial charge in [-0.15, -0.1) is 11.3 Å². The van der Waals surface area contributed by atoms with Crippen molar-refractivity contribution in [1.82, 2.24) is 15.1 Å². The molecule has 1 aliphatic heterocycles. The smallest absolute Gasteiger partial charge is 0.262 e. The number of carbonyl (C=O) groups is 2. The SMILES string of the molecule is COc1ccc(CN2CCCN(C(=O)C(NC(=O)c3cccs3)C(C)C)CC2)cc1. The van der Waals surface area contributed by atoms with E-state index in [1.165, 1.54) is 16.9 Å². The van der Waals surface area contributed by atoms with Gasteiger partial charge in [-0.25, -0.2) is 0 Å². The maximum Gasteiger partial charge on any atom is 0.262 e. The van der Waals surface area contributed by atoms with Crippen molar-refractivity contribution >= 4 is 23.2 Å². The number of nitrogens with zero attached hydrogens (tertiary/aromatic N) is 2. The summed E-state index contributed by atoms with van der Waals surface area (Å²) in [7, 11) is 1.67. The van der Waals surface area contributed by atoms with E-state index in [0.717, 1.165) is 38.3 Å². The van der Waals surface area contributed by atoms with E-state index in [0.29, 0.717) is 11.4 Å². The lowest BCUT2D eigenvalue weighted by Crippen LogP contribution is -2.51. The van der Waals surface area contributed by atoms with E-state index < -0.39 is 6.04 Å². The lowest BCUT2D eigenvalue weighted by Gasteiger charge is -2.29. The van der Waals surface area contributed by atoms with Gasteiger partial charge in [-0.2, -0.15) is 0 Å². The summed E-state index contributed by atoms with van der Waals surface area (Å²) in [5.41, 5.74) is 1.24. The van der Waals surface area contributed by atoms with Gasteiger partial charge in [0.2, 0.25) is 5.91 Å². The topological polar surface area (TPSA) is 61.9 Å². The Morgan fingerprint density at radius 2 is 1.87 bits per heavy atom. The van der Waals surface area contributed by atoms with Crippen molar-refractivity contribution in [2.75, 3.05) is 33.3 Å². The molecule has 2 heterocycles. The van der Waals surface area contributed by atoms with Crippen LogP contribution in [-0.2, 0) is 11.3 Å². The molecular weight excluding hydrogens is 398 g/mol. The van der Waals surface area contributed by atoms with Gasteiger partial charge in [-0.1, -0.05) is 32.0 Å². The van der Waals surface area contributed by atoms with E-state index in [4.69, 9.17) is 4.74 Å². The monoisotopic (exact) mass is 429 g/mol. The first-order valence-corrected chi connectivity index (χ1v) is 11.3. The molecule has 30 heavy (non-hydrogen) atoms. The molecule has 1 aromatic heterocycles. The van der Waals surface area contributed by atoms with Crippen LogP contribution in [0, 0.1) is 5.92 Å². The van der Waals surface area contributed by atoms with Crippen LogP contribution < -0.4 is 10.1 Å². The summed E-state index contributed by atoms with van der Waals surface area (Å²) < 4.78 is 5.23. The van der Waals surface area contributed by atoms with Crippen molar-refractivity contribution in [3.63, 3.8) is 0 Å². The second kappa shape index (κ2) is 10.6. The Hall–Kier alpha value is -2.38. The van der Waals surface area contributed by atoms with Crippen LogP contribution in [0.3, 0.4) is 0 Å². The first-order valence-electron chi connectivity index (χ1n) is 10.5. The molecule has 1 unspecified atom stereocenters. The fourth-order valence-electron chi connectivity index (χ4n) is 3.67.